The van der Waals surface area contributed by atoms with E-state index in [2.05, 4.69) is 34.5 Å². The summed E-state index contributed by atoms with van der Waals surface area (Å²) < 4.78 is 0. The molecule has 1 saturated heterocycles. The number of halogens is 1. The summed E-state index contributed by atoms with van der Waals surface area (Å²) in [5, 5.41) is 9.00. The molecule has 62 valence electrons. The molecule has 2 nitrogen and oxygen atoms in total. The van der Waals surface area contributed by atoms with Gasteiger partial charge >= 0.3 is 0 Å². The molecular weight excluding hydrogens is 241 g/mol. The molecule has 1 aliphatic heterocycles. The van der Waals surface area contributed by atoms with Gasteiger partial charge in [-0.25, -0.2) is 0 Å². The van der Waals surface area contributed by atoms with E-state index < -0.39 is 0 Å². The number of hydrogen-bond donors (Lipinski definition) is 1. The number of aliphatic hydroxyl groups is 1. The molecule has 0 radical (unpaired) electrons. The first-order valence-corrected chi connectivity index (χ1v) is 5.69. The van der Waals surface area contributed by atoms with Crippen molar-refractivity contribution in [2.75, 3.05) is 25.1 Å². The first kappa shape index (κ1) is 10.7. The molecule has 1 aliphatic rings. The molecule has 1 N–H and O–H groups in total. The average molecular weight is 257 g/mol. The zero-order valence-corrected chi connectivity index (χ0v) is 8.84. The van der Waals surface area contributed by atoms with Gasteiger partial charge in [0, 0.05) is 13.1 Å². The van der Waals surface area contributed by atoms with Crippen LogP contribution in [0.3, 0.4) is 0 Å². The van der Waals surface area contributed by atoms with Crippen LogP contribution in [0.15, 0.2) is 0 Å². The van der Waals surface area contributed by atoms with Crippen LogP contribution in [0, 0.1) is 0 Å². The number of likely N-dealkylation sites (tertiary alicyclic amines) is 1. The highest BCUT2D eigenvalue weighted by atomic mass is 127. The quantitative estimate of drug-likeness (QED) is 0.519. The van der Waals surface area contributed by atoms with Crippen LogP contribution < -0.4 is 0 Å². The van der Waals surface area contributed by atoms with E-state index in [1.165, 1.54) is 0 Å². The minimum Gasteiger partial charge on any atom is -0.393 e. The lowest BCUT2D eigenvalue weighted by Crippen LogP contribution is -2.32. The van der Waals surface area contributed by atoms with E-state index in [0.29, 0.717) is 0 Å². The second-order valence-corrected chi connectivity index (χ2v) is 2.53. The van der Waals surface area contributed by atoms with Crippen molar-refractivity contribution in [3.8, 4) is 0 Å². The number of rotatable bonds is 0. The second kappa shape index (κ2) is 6.37. The molecule has 1 heterocycles. The van der Waals surface area contributed by atoms with Crippen molar-refractivity contribution in [3.63, 3.8) is 0 Å². The van der Waals surface area contributed by atoms with Crippen molar-refractivity contribution in [3.05, 3.63) is 0 Å². The van der Waals surface area contributed by atoms with Gasteiger partial charge in [-0.3, -0.25) is 0 Å². The molecule has 0 amide bonds. The molecule has 0 aromatic heterocycles. The predicted molar refractivity (Wildman–Crippen MR) is 52.7 cm³/mol. The fraction of sp³-hybridized carbons (Fsp3) is 1.00. The first-order valence-electron chi connectivity index (χ1n) is 3.53. The standard InChI is InChI=1S/C6H13NO.CH3I/c1-7-4-2-6(8)3-5-7;1-2/h6,8H,2-5H2,1H3;1H3. The topological polar surface area (TPSA) is 23.5 Å². The minimum atomic E-state index is -0.0220. The maximum absolute atomic E-state index is 9.00. The van der Waals surface area contributed by atoms with Crippen LogP contribution in [-0.4, -0.2) is 41.2 Å². The van der Waals surface area contributed by atoms with Crippen molar-refractivity contribution in [2.24, 2.45) is 0 Å². The van der Waals surface area contributed by atoms with Gasteiger partial charge < -0.3 is 10.0 Å². The zero-order chi connectivity index (χ0) is 7.98. The first-order chi connectivity index (χ1) is 4.79. The van der Waals surface area contributed by atoms with Crippen LogP contribution in [0.1, 0.15) is 12.8 Å². The molecule has 0 bridgehead atoms. The van der Waals surface area contributed by atoms with Crippen LogP contribution in [0.5, 0.6) is 0 Å². The van der Waals surface area contributed by atoms with Crippen molar-refractivity contribution in [2.45, 2.75) is 18.9 Å². The van der Waals surface area contributed by atoms with Crippen LogP contribution >= 0.6 is 22.6 Å². The Kier molecular flexibility index (Phi) is 6.78. The zero-order valence-electron chi connectivity index (χ0n) is 6.68. The molecule has 0 unspecified atom stereocenters. The molecule has 0 aromatic rings. The monoisotopic (exact) mass is 257 g/mol. The Balaban J connectivity index is 0.000000371. The van der Waals surface area contributed by atoms with Gasteiger partial charge in [-0.05, 0) is 24.8 Å². The van der Waals surface area contributed by atoms with E-state index >= 15 is 0 Å². The molecule has 0 atom stereocenters. The normalized spacial score (nSPS) is 21.6. The van der Waals surface area contributed by atoms with Crippen molar-refractivity contribution in [1.29, 1.82) is 0 Å². The molecule has 1 fully saturated rings. The van der Waals surface area contributed by atoms with Gasteiger partial charge in [-0.1, -0.05) is 22.6 Å². The van der Waals surface area contributed by atoms with E-state index in [-0.39, 0.29) is 6.10 Å². The molecular formula is C7H16INO. The summed E-state index contributed by atoms with van der Waals surface area (Å²) in [7, 11) is 2.09. The fourth-order valence-corrected chi connectivity index (χ4v) is 0.995. The SMILES string of the molecule is CI.CN1CCC(O)CC1. The van der Waals surface area contributed by atoms with E-state index in [1.54, 1.807) is 0 Å². The lowest BCUT2D eigenvalue weighted by molar-refractivity contribution is 0.0943. The number of piperidine rings is 1. The molecule has 0 saturated carbocycles. The van der Waals surface area contributed by atoms with E-state index in [0.717, 1.165) is 25.9 Å². The van der Waals surface area contributed by atoms with Gasteiger partial charge in [0.05, 0.1) is 6.10 Å². The summed E-state index contributed by atoms with van der Waals surface area (Å²) in [5.41, 5.74) is 0. The van der Waals surface area contributed by atoms with Crippen LogP contribution in [0.25, 0.3) is 0 Å². The molecule has 1 rings (SSSR count). The van der Waals surface area contributed by atoms with Crippen LogP contribution in [0.4, 0.5) is 0 Å². The van der Waals surface area contributed by atoms with E-state index in [1.807, 2.05) is 4.93 Å². The van der Waals surface area contributed by atoms with Gasteiger partial charge in [0.1, 0.15) is 0 Å². The smallest absolute Gasteiger partial charge is 0.0564 e. The van der Waals surface area contributed by atoms with Crippen molar-refractivity contribution < 1.29 is 5.11 Å². The lowest BCUT2D eigenvalue weighted by Gasteiger charge is -2.25. The molecule has 3 heteroatoms. The summed E-state index contributed by atoms with van der Waals surface area (Å²) in [5.74, 6) is 0. The third kappa shape index (κ3) is 4.46. The Bertz CT molecular complexity index is 62.0. The van der Waals surface area contributed by atoms with Gasteiger partial charge in [0.15, 0.2) is 0 Å². The molecule has 0 spiro atoms. The summed E-state index contributed by atoms with van der Waals surface area (Å²) in [6, 6.07) is 0. The van der Waals surface area contributed by atoms with E-state index in [4.69, 9.17) is 5.11 Å². The number of hydrogen-bond acceptors (Lipinski definition) is 2. The minimum absolute atomic E-state index is 0.0220. The maximum atomic E-state index is 9.00. The summed E-state index contributed by atoms with van der Waals surface area (Å²) in [6.45, 7) is 2.11. The van der Waals surface area contributed by atoms with Gasteiger partial charge in [-0.15, -0.1) is 0 Å². The van der Waals surface area contributed by atoms with Crippen molar-refractivity contribution in [1.82, 2.24) is 4.90 Å². The highest BCUT2D eigenvalue weighted by molar-refractivity contribution is 14.1. The molecule has 10 heavy (non-hydrogen) atoms. The molecule has 0 aliphatic carbocycles. The summed E-state index contributed by atoms with van der Waals surface area (Å²) in [6.07, 6.45) is 1.89. The van der Waals surface area contributed by atoms with Crippen molar-refractivity contribution >= 4 is 22.6 Å². The van der Waals surface area contributed by atoms with Gasteiger partial charge in [0.25, 0.3) is 0 Å². The summed E-state index contributed by atoms with van der Waals surface area (Å²) in [4.78, 5) is 4.21. The third-order valence-corrected chi connectivity index (χ3v) is 1.69. The predicted octanol–water partition coefficient (Wildman–Crippen LogP) is 1.12. The Morgan fingerprint density at radius 1 is 1.30 bits per heavy atom. The Labute approximate surface area is 76.7 Å². The molecule has 0 aromatic carbocycles. The highest BCUT2D eigenvalue weighted by Crippen LogP contribution is 2.06. The third-order valence-electron chi connectivity index (χ3n) is 1.69. The number of aliphatic hydroxyl groups excluding tert-OH is 1. The Morgan fingerprint density at radius 2 is 1.70 bits per heavy atom. The lowest BCUT2D eigenvalue weighted by atomic mass is 10.1. The number of nitrogens with zero attached hydrogens (tertiary/aromatic N) is 1. The Hall–Kier alpha value is 0.650. The second-order valence-electron chi connectivity index (χ2n) is 2.53. The highest BCUT2D eigenvalue weighted by Gasteiger charge is 2.12. The fourth-order valence-electron chi connectivity index (χ4n) is 0.995. The maximum Gasteiger partial charge on any atom is 0.0564 e. The summed E-state index contributed by atoms with van der Waals surface area (Å²) >= 11 is 2.15. The van der Waals surface area contributed by atoms with Crippen LogP contribution in [-0.2, 0) is 0 Å². The Morgan fingerprint density at radius 3 is 2.00 bits per heavy atom. The van der Waals surface area contributed by atoms with E-state index in [9.17, 15) is 0 Å². The number of alkyl halides is 1. The average Bonchev–Trinajstić information content (AvgIpc) is 2.00. The van der Waals surface area contributed by atoms with Crippen LogP contribution in [0.2, 0.25) is 0 Å². The van der Waals surface area contributed by atoms with Gasteiger partial charge in [0.2, 0.25) is 0 Å². The largest absolute Gasteiger partial charge is 0.393 e. The van der Waals surface area contributed by atoms with Gasteiger partial charge in [-0.2, -0.15) is 0 Å².